The molecular weight excluding hydrogens is 388 g/mol. The first-order valence-corrected chi connectivity index (χ1v) is 12.0. The largest absolute Gasteiger partial charge is 0.296 e. The van der Waals surface area contributed by atoms with E-state index < -0.39 is 30.0 Å². The van der Waals surface area contributed by atoms with Gasteiger partial charge >= 0.3 is 0 Å². The van der Waals surface area contributed by atoms with E-state index in [0.29, 0.717) is 18.2 Å². The molecule has 0 amide bonds. The minimum atomic E-state index is -4.85. The second kappa shape index (κ2) is 9.14. The van der Waals surface area contributed by atoms with Gasteiger partial charge in [-0.15, -0.1) is 0 Å². The second-order valence-corrected chi connectivity index (χ2v) is 9.45. The molecular formula is C19H26O6S2. The molecule has 0 radical (unpaired) electrons. The quantitative estimate of drug-likeness (QED) is 0.433. The van der Waals surface area contributed by atoms with Crippen LogP contribution < -0.4 is 0 Å². The molecule has 27 heavy (non-hydrogen) atoms. The van der Waals surface area contributed by atoms with Gasteiger partial charge in [0.05, 0.1) is 0 Å². The van der Waals surface area contributed by atoms with Crippen molar-refractivity contribution in [2.75, 3.05) is 0 Å². The first-order chi connectivity index (χ1) is 12.7. The van der Waals surface area contributed by atoms with Crippen molar-refractivity contribution in [3.8, 4) is 0 Å². The monoisotopic (exact) mass is 414 g/mol. The van der Waals surface area contributed by atoms with Crippen LogP contribution in [-0.4, -0.2) is 25.9 Å². The van der Waals surface area contributed by atoms with Crippen LogP contribution in [0.5, 0.6) is 0 Å². The van der Waals surface area contributed by atoms with Crippen LogP contribution in [0.1, 0.15) is 57.4 Å². The van der Waals surface area contributed by atoms with Gasteiger partial charge in [-0.05, 0) is 29.9 Å². The maximum atomic E-state index is 12.0. The summed E-state index contributed by atoms with van der Waals surface area (Å²) in [5.74, 6) is 0. The summed E-state index contributed by atoms with van der Waals surface area (Å²) in [6.45, 7) is 2.14. The van der Waals surface area contributed by atoms with Crippen molar-refractivity contribution in [2.45, 2.75) is 68.1 Å². The lowest BCUT2D eigenvalue weighted by Crippen LogP contribution is -2.12. The highest BCUT2D eigenvalue weighted by Gasteiger charge is 2.29. The first-order valence-electron chi connectivity index (χ1n) is 9.16. The molecule has 0 aliphatic heterocycles. The fourth-order valence-electron chi connectivity index (χ4n) is 3.35. The van der Waals surface area contributed by atoms with E-state index in [1.807, 2.05) is 0 Å². The van der Waals surface area contributed by atoms with Crippen molar-refractivity contribution < 1.29 is 25.9 Å². The summed E-state index contributed by atoms with van der Waals surface area (Å²) in [5.41, 5.74) is 0.206. The predicted molar refractivity (Wildman–Crippen MR) is 105 cm³/mol. The number of aryl methyl sites for hydroxylation is 1. The summed E-state index contributed by atoms with van der Waals surface area (Å²) in [7, 11) is -9.68. The fourth-order valence-corrected chi connectivity index (χ4v) is 5.65. The molecule has 0 spiro atoms. The molecule has 2 aromatic rings. The standard InChI is InChI=1S/C19H26O6S2/c1-2-3-4-5-6-7-8-12-16-14-15-11-9-10-13-17(15)19(27(23,24)25)18(16)26(20,21)22/h9-11,13-14H,2-8,12H2,1H3,(H,20,21,22)(H,23,24,25). The van der Waals surface area contributed by atoms with Crippen molar-refractivity contribution in [3.05, 3.63) is 35.9 Å². The van der Waals surface area contributed by atoms with E-state index >= 15 is 0 Å². The molecule has 0 aliphatic rings. The molecule has 8 heteroatoms. The smallest absolute Gasteiger partial charge is 0.282 e. The minimum absolute atomic E-state index is 0.0657. The molecule has 0 atom stereocenters. The highest BCUT2D eigenvalue weighted by Crippen LogP contribution is 2.34. The van der Waals surface area contributed by atoms with E-state index in [-0.39, 0.29) is 10.9 Å². The molecule has 150 valence electrons. The van der Waals surface area contributed by atoms with Gasteiger partial charge in [0.15, 0.2) is 0 Å². The SMILES string of the molecule is CCCCCCCCCc1cc2ccccc2c(S(=O)(=O)O)c1S(=O)(=O)O. The van der Waals surface area contributed by atoms with Gasteiger partial charge in [0.1, 0.15) is 9.79 Å². The van der Waals surface area contributed by atoms with Crippen molar-refractivity contribution in [2.24, 2.45) is 0 Å². The Morgan fingerprint density at radius 1 is 0.778 bits per heavy atom. The number of rotatable bonds is 10. The molecule has 0 bridgehead atoms. The van der Waals surface area contributed by atoms with Crippen LogP contribution in [0.25, 0.3) is 10.8 Å². The maximum absolute atomic E-state index is 12.0. The van der Waals surface area contributed by atoms with Gasteiger partial charge in [0.2, 0.25) is 0 Å². The van der Waals surface area contributed by atoms with Crippen LogP contribution in [0.4, 0.5) is 0 Å². The Labute approximate surface area is 161 Å². The Balaban J connectivity index is 2.41. The number of hydrogen-bond donors (Lipinski definition) is 2. The van der Waals surface area contributed by atoms with E-state index in [0.717, 1.165) is 32.1 Å². The van der Waals surface area contributed by atoms with Gasteiger partial charge < -0.3 is 0 Å². The highest BCUT2D eigenvalue weighted by atomic mass is 32.2. The lowest BCUT2D eigenvalue weighted by atomic mass is 10.0. The Bertz CT molecular complexity index is 994. The molecule has 2 N–H and O–H groups in total. The van der Waals surface area contributed by atoms with Crippen molar-refractivity contribution >= 4 is 31.0 Å². The summed E-state index contributed by atoms with van der Waals surface area (Å²) in [6, 6.07) is 7.86. The zero-order chi connectivity index (χ0) is 20.1. The average molecular weight is 415 g/mol. The third-order valence-electron chi connectivity index (χ3n) is 4.60. The average Bonchev–Trinajstić information content (AvgIpc) is 2.58. The Morgan fingerprint density at radius 2 is 1.33 bits per heavy atom. The lowest BCUT2D eigenvalue weighted by Gasteiger charge is -2.14. The fraction of sp³-hybridized carbons (Fsp3) is 0.474. The molecule has 6 nitrogen and oxygen atoms in total. The summed E-state index contributed by atoms with van der Waals surface area (Å²) >= 11 is 0. The topological polar surface area (TPSA) is 109 Å². The van der Waals surface area contributed by atoms with E-state index in [1.165, 1.54) is 12.5 Å². The molecule has 0 aromatic heterocycles. The van der Waals surface area contributed by atoms with Crippen LogP contribution >= 0.6 is 0 Å². The number of fused-ring (bicyclic) bond motifs is 1. The minimum Gasteiger partial charge on any atom is -0.282 e. The van der Waals surface area contributed by atoms with Crippen LogP contribution in [-0.2, 0) is 26.7 Å². The van der Waals surface area contributed by atoms with Crippen molar-refractivity contribution in [3.63, 3.8) is 0 Å². The zero-order valence-electron chi connectivity index (χ0n) is 15.4. The third kappa shape index (κ3) is 5.75. The van der Waals surface area contributed by atoms with E-state index in [4.69, 9.17) is 0 Å². The predicted octanol–water partition coefficient (Wildman–Crippen LogP) is 4.63. The molecule has 0 saturated carbocycles. The van der Waals surface area contributed by atoms with E-state index in [9.17, 15) is 25.9 Å². The van der Waals surface area contributed by atoms with Crippen LogP contribution in [0.2, 0.25) is 0 Å². The Kier molecular flexibility index (Phi) is 7.39. The normalized spacial score (nSPS) is 12.6. The Morgan fingerprint density at radius 3 is 1.93 bits per heavy atom. The molecule has 0 aliphatic carbocycles. The lowest BCUT2D eigenvalue weighted by molar-refractivity contribution is 0.466. The number of hydrogen-bond acceptors (Lipinski definition) is 4. The molecule has 2 aromatic carbocycles. The van der Waals surface area contributed by atoms with E-state index in [1.54, 1.807) is 24.3 Å². The van der Waals surface area contributed by atoms with Crippen molar-refractivity contribution in [1.29, 1.82) is 0 Å². The number of benzene rings is 2. The van der Waals surface area contributed by atoms with Gasteiger partial charge in [0.25, 0.3) is 20.2 Å². The summed E-state index contributed by atoms with van der Waals surface area (Å²) in [6.07, 6.45) is 7.47. The Hall–Kier alpha value is -1.48. The molecule has 2 rings (SSSR count). The van der Waals surface area contributed by atoms with Gasteiger partial charge in [-0.3, -0.25) is 9.11 Å². The maximum Gasteiger partial charge on any atom is 0.296 e. The van der Waals surface area contributed by atoms with Gasteiger partial charge in [0, 0.05) is 5.39 Å². The summed E-state index contributed by atoms with van der Waals surface area (Å²) in [5, 5.41) is 0.561. The molecule has 0 fully saturated rings. The molecule has 0 heterocycles. The number of unbranched alkanes of at least 4 members (excludes halogenated alkanes) is 6. The summed E-state index contributed by atoms with van der Waals surface area (Å²) < 4.78 is 67.1. The van der Waals surface area contributed by atoms with Gasteiger partial charge in [-0.2, -0.15) is 16.8 Å². The third-order valence-corrected chi connectivity index (χ3v) is 6.65. The van der Waals surface area contributed by atoms with Gasteiger partial charge in [-0.25, -0.2) is 0 Å². The molecule has 0 saturated heterocycles. The van der Waals surface area contributed by atoms with Gasteiger partial charge in [-0.1, -0.05) is 69.7 Å². The highest BCUT2D eigenvalue weighted by molar-refractivity contribution is 7.89. The summed E-state index contributed by atoms with van der Waals surface area (Å²) in [4.78, 5) is -1.46. The van der Waals surface area contributed by atoms with Crippen LogP contribution in [0, 0.1) is 0 Å². The zero-order valence-corrected chi connectivity index (χ0v) is 17.0. The van der Waals surface area contributed by atoms with E-state index in [2.05, 4.69) is 6.92 Å². The first kappa shape index (κ1) is 21.8. The van der Waals surface area contributed by atoms with Crippen LogP contribution in [0.3, 0.4) is 0 Å². The van der Waals surface area contributed by atoms with Crippen molar-refractivity contribution in [1.82, 2.24) is 0 Å². The molecule has 0 unspecified atom stereocenters. The second-order valence-electron chi connectivity index (χ2n) is 6.74. The van der Waals surface area contributed by atoms with Crippen LogP contribution in [0.15, 0.2) is 40.1 Å².